The lowest BCUT2D eigenvalue weighted by Crippen LogP contribution is -2.33. The van der Waals surface area contributed by atoms with Gasteiger partial charge in [0.05, 0.1) is 24.7 Å². The summed E-state index contributed by atoms with van der Waals surface area (Å²) in [5.74, 6) is -0.143. The normalized spacial score (nSPS) is 11.2. The summed E-state index contributed by atoms with van der Waals surface area (Å²) >= 11 is 0. The van der Waals surface area contributed by atoms with Crippen molar-refractivity contribution in [3.05, 3.63) is 88.1 Å². The van der Waals surface area contributed by atoms with Crippen LogP contribution in [0.5, 0.6) is 11.6 Å². The number of nitro groups is 1. The molecule has 1 N–H and O–H groups in total. The molecule has 0 aliphatic carbocycles. The molecule has 1 unspecified atom stereocenters. The maximum absolute atomic E-state index is 12.4. The van der Waals surface area contributed by atoms with Crippen LogP contribution in [0.4, 0.5) is 11.4 Å². The van der Waals surface area contributed by atoms with E-state index in [1.165, 1.54) is 26.4 Å². The van der Waals surface area contributed by atoms with Gasteiger partial charge in [0.15, 0.2) is 0 Å². The van der Waals surface area contributed by atoms with E-state index in [1.807, 2.05) is 12.1 Å². The van der Waals surface area contributed by atoms with Crippen molar-refractivity contribution in [1.29, 1.82) is 0 Å². The Morgan fingerprint density at radius 3 is 2.33 bits per heavy atom. The van der Waals surface area contributed by atoms with Crippen LogP contribution in [0.1, 0.15) is 15.9 Å². The molecule has 1 aromatic heterocycles. The van der Waals surface area contributed by atoms with Crippen LogP contribution < -0.4 is 14.8 Å². The summed E-state index contributed by atoms with van der Waals surface area (Å²) in [4.78, 5) is 38.4. The van der Waals surface area contributed by atoms with Gasteiger partial charge >= 0.3 is 11.9 Å². The quantitative estimate of drug-likeness (QED) is 0.172. The highest BCUT2D eigenvalue weighted by Crippen LogP contribution is 2.20. The third kappa shape index (κ3) is 7.16. The van der Waals surface area contributed by atoms with Gasteiger partial charge in [0.2, 0.25) is 5.88 Å². The Morgan fingerprint density at radius 1 is 0.972 bits per heavy atom. The molecule has 1 atom stereocenters. The van der Waals surface area contributed by atoms with Crippen LogP contribution in [0.3, 0.4) is 0 Å². The van der Waals surface area contributed by atoms with Crippen molar-refractivity contribution in [2.75, 3.05) is 32.8 Å². The fraction of sp³-hybridized carbons (Fsp3) is 0.240. The molecule has 0 bridgehead atoms. The molecular formula is C25H25N3O8. The number of hydrogen-bond acceptors (Lipinski definition) is 10. The maximum Gasteiger partial charge on any atom is 0.339 e. The van der Waals surface area contributed by atoms with Crippen molar-refractivity contribution in [2.24, 2.45) is 0 Å². The average Bonchev–Trinajstić information content (AvgIpc) is 2.91. The third-order valence-electron chi connectivity index (χ3n) is 5.04. The molecule has 0 radical (unpaired) electrons. The van der Waals surface area contributed by atoms with E-state index in [1.54, 1.807) is 36.4 Å². The monoisotopic (exact) mass is 495 g/mol. The van der Waals surface area contributed by atoms with Crippen LogP contribution in [-0.2, 0) is 20.7 Å². The maximum atomic E-state index is 12.4. The van der Waals surface area contributed by atoms with E-state index in [4.69, 9.17) is 18.9 Å². The number of anilines is 1. The zero-order valence-corrected chi connectivity index (χ0v) is 19.7. The molecule has 0 aliphatic heterocycles. The van der Waals surface area contributed by atoms with Gasteiger partial charge < -0.3 is 24.3 Å². The summed E-state index contributed by atoms with van der Waals surface area (Å²) in [6.07, 6.45) is 1.43. The SMILES string of the molecule is COC(=O)c1ccccc1NC(Cc1ccc(OCCOc2ccc([N+](=O)[O-])cn2)cc1)C(=O)OC. The van der Waals surface area contributed by atoms with Crippen LogP contribution in [0.15, 0.2) is 66.9 Å². The second-order valence-electron chi connectivity index (χ2n) is 7.41. The minimum atomic E-state index is -0.741. The third-order valence-corrected chi connectivity index (χ3v) is 5.04. The predicted octanol–water partition coefficient (Wildman–Crippen LogP) is 3.43. The molecule has 188 valence electrons. The number of ether oxygens (including phenoxy) is 4. The van der Waals surface area contributed by atoms with Crippen LogP contribution in [-0.4, -0.2) is 55.3 Å². The van der Waals surface area contributed by atoms with Crippen LogP contribution in [0.25, 0.3) is 0 Å². The van der Waals surface area contributed by atoms with Crippen molar-refractivity contribution < 1.29 is 33.5 Å². The standard InChI is InChI=1S/C25H25N3O8/c1-33-24(29)20-5-3-4-6-21(20)27-22(25(30)34-2)15-17-7-10-19(11-8-17)35-13-14-36-23-12-9-18(16-26-23)28(31)32/h3-12,16,22,27H,13-15H2,1-2H3. The molecule has 11 heteroatoms. The van der Waals surface area contributed by atoms with Gasteiger partial charge in [-0.1, -0.05) is 24.3 Å². The first-order valence-electron chi connectivity index (χ1n) is 10.9. The summed E-state index contributed by atoms with van der Waals surface area (Å²) in [7, 11) is 2.59. The number of nitrogens with zero attached hydrogens (tertiary/aromatic N) is 2. The molecule has 3 aromatic rings. The van der Waals surface area contributed by atoms with Gasteiger partial charge in [0.25, 0.3) is 5.69 Å². The number of methoxy groups -OCH3 is 2. The van der Waals surface area contributed by atoms with Gasteiger partial charge in [0.1, 0.15) is 31.2 Å². The molecule has 1 heterocycles. The van der Waals surface area contributed by atoms with Gasteiger partial charge in [0, 0.05) is 24.2 Å². The van der Waals surface area contributed by atoms with Crippen LogP contribution in [0.2, 0.25) is 0 Å². The Labute approximate surface area is 207 Å². The Hall–Kier alpha value is -4.67. The molecule has 0 saturated carbocycles. The van der Waals surface area contributed by atoms with E-state index < -0.39 is 22.9 Å². The number of pyridine rings is 1. The number of esters is 2. The zero-order valence-electron chi connectivity index (χ0n) is 19.7. The van der Waals surface area contributed by atoms with E-state index in [9.17, 15) is 19.7 Å². The highest BCUT2D eigenvalue weighted by molar-refractivity contribution is 5.96. The molecule has 0 fully saturated rings. The summed E-state index contributed by atoms with van der Waals surface area (Å²) in [6.45, 7) is 0.426. The first kappa shape index (κ1) is 25.9. The lowest BCUT2D eigenvalue weighted by Gasteiger charge is -2.19. The van der Waals surface area contributed by atoms with Crippen molar-refractivity contribution in [3.8, 4) is 11.6 Å². The first-order chi connectivity index (χ1) is 17.4. The van der Waals surface area contributed by atoms with Crippen molar-refractivity contribution >= 4 is 23.3 Å². The van der Waals surface area contributed by atoms with Gasteiger partial charge in [-0.2, -0.15) is 0 Å². The number of hydrogen-bond donors (Lipinski definition) is 1. The highest BCUT2D eigenvalue weighted by Gasteiger charge is 2.22. The average molecular weight is 495 g/mol. The van der Waals surface area contributed by atoms with E-state index in [0.29, 0.717) is 23.4 Å². The Kier molecular flexibility index (Phi) is 9.15. The number of carbonyl (C=O) groups is 2. The lowest BCUT2D eigenvalue weighted by atomic mass is 10.0. The number of benzene rings is 2. The van der Waals surface area contributed by atoms with Gasteiger partial charge in [-0.25, -0.2) is 14.6 Å². The summed E-state index contributed by atoms with van der Waals surface area (Å²) in [6, 6.07) is 15.9. The van der Waals surface area contributed by atoms with Crippen molar-refractivity contribution in [3.63, 3.8) is 0 Å². The summed E-state index contributed by atoms with van der Waals surface area (Å²) in [5.41, 5.74) is 1.49. The first-order valence-corrected chi connectivity index (χ1v) is 10.9. The second-order valence-corrected chi connectivity index (χ2v) is 7.41. The number of rotatable bonds is 12. The molecule has 2 aromatic carbocycles. The van der Waals surface area contributed by atoms with Gasteiger partial charge in [-0.15, -0.1) is 0 Å². The molecule has 0 amide bonds. The largest absolute Gasteiger partial charge is 0.490 e. The Balaban J connectivity index is 1.55. The fourth-order valence-corrected chi connectivity index (χ4v) is 3.25. The van der Waals surface area contributed by atoms with Gasteiger partial charge in [-0.05, 0) is 29.8 Å². The van der Waals surface area contributed by atoms with Crippen LogP contribution >= 0.6 is 0 Å². The summed E-state index contributed by atoms with van der Waals surface area (Å²) < 4.78 is 20.8. The number of para-hydroxylation sites is 1. The molecule has 3 rings (SSSR count). The van der Waals surface area contributed by atoms with E-state index in [-0.39, 0.29) is 24.8 Å². The van der Waals surface area contributed by atoms with E-state index in [0.717, 1.165) is 11.8 Å². The van der Waals surface area contributed by atoms with E-state index in [2.05, 4.69) is 10.3 Å². The Morgan fingerprint density at radius 2 is 1.69 bits per heavy atom. The van der Waals surface area contributed by atoms with Crippen molar-refractivity contribution in [1.82, 2.24) is 4.98 Å². The molecule has 36 heavy (non-hydrogen) atoms. The fourth-order valence-electron chi connectivity index (χ4n) is 3.25. The highest BCUT2D eigenvalue weighted by atomic mass is 16.6. The topological polar surface area (TPSA) is 139 Å². The lowest BCUT2D eigenvalue weighted by molar-refractivity contribution is -0.385. The smallest absolute Gasteiger partial charge is 0.339 e. The van der Waals surface area contributed by atoms with E-state index >= 15 is 0 Å². The molecule has 0 aliphatic rings. The van der Waals surface area contributed by atoms with Crippen LogP contribution in [0, 0.1) is 10.1 Å². The molecule has 11 nitrogen and oxygen atoms in total. The Bertz CT molecular complexity index is 1180. The zero-order chi connectivity index (χ0) is 25.9. The van der Waals surface area contributed by atoms with Gasteiger partial charge in [-0.3, -0.25) is 10.1 Å². The molecule has 0 saturated heterocycles. The number of carbonyl (C=O) groups excluding carboxylic acids is 2. The number of nitrogens with one attached hydrogen (secondary N) is 1. The predicted molar refractivity (Wildman–Crippen MR) is 129 cm³/mol. The number of aromatic nitrogens is 1. The summed E-state index contributed by atoms with van der Waals surface area (Å²) in [5, 5.41) is 13.7. The molecule has 0 spiro atoms. The minimum absolute atomic E-state index is 0.115. The minimum Gasteiger partial charge on any atom is -0.490 e. The second kappa shape index (κ2) is 12.7. The van der Waals surface area contributed by atoms with Crippen molar-refractivity contribution in [2.45, 2.75) is 12.5 Å². The molecular weight excluding hydrogens is 470 g/mol.